The van der Waals surface area contributed by atoms with Crippen LogP contribution in [0, 0.1) is 0 Å². The van der Waals surface area contributed by atoms with Crippen molar-refractivity contribution >= 4 is 28.2 Å². The van der Waals surface area contributed by atoms with Crippen molar-refractivity contribution in [3.05, 3.63) is 35.0 Å². The van der Waals surface area contributed by atoms with E-state index < -0.39 is 0 Å². The van der Waals surface area contributed by atoms with Crippen molar-refractivity contribution in [3.8, 4) is 0 Å². The number of benzene rings is 1. The summed E-state index contributed by atoms with van der Waals surface area (Å²) in [4.78, 5) is 3.97. The molecule has 0 saturated heterocycles. The predicted octanol–water partition coefficient (Wildman–Crippen LogP) is 1.93. The second kappa shape index (κ2) is 3.44. The van der Waals surface area contributed by atoms with E-state index in [-0.39, 0.29) is 0 Å². The van der Waals surface area contributed by atoms with Crippen LogP contribution >= 0.6 is 11.6 Å². The fourth-order valence-electron chi connectivity index (χ4n) is 1.43. The third kappa shape index (κ3) is 1.52. The highest BCUT2D eigenvalue weighted by molar-refractivity contribution is 6.30. The zero-order valence-corrected chi connectivity index (χ0v) is 8.25. The highest BCUT2D eigenvalue weighted by Crippen LogP contribution is 2.23. The first-order valence-corrected chi connectivity index (χ1v) is 4.63. The second-order valence-corrected chi connectivity index (χ2v) is 3.48. The van der Waals surface area contributed by atoms with Gasteiger partial charge < -0.3 is 11.5 Å². The molecule has 0 aliphatic rings. The average molecular weight is 208 g/mol. The van der Waals surface area contributed by atoms with E-state index in [0.717, 1.165) is 16.3 Å². The lowest BCUT2D eigenvalue weighted by Gasteiger charge is -2.04. The van der Waals surface area contributed by atoms with Gasteiger partial charge in [0, 0.05) is 11.9 Å². The van der Waals surface area contributed by atoms with E-state index in [1.807, 2.05) is 18.2 Å². The number of hydrogen-bond acceptors (Lipinski definition) is 3. The molecular weight excluding hydrogens is 198 g/mol. The molecule has 2 rings (SSSR count). The van der Waals surface area contributed by atoms with Crippen LogP contribution in [0.3, 0.4) is 0 Å². The van der Waals surface area contributed by atoms with Gasteiger partial charge in [-0.1, -0.05) is 23.7 Å². The van der Waals surface area contributed by atoms with Crippen LogP contribution in [0.15, 0.2) is 24.3 Å². The van der Waals surface area contributed by atoms with E-state index in [2.05, 4.69) is 4.98 Å². The van der Waals surface area contributed by atoms with Crippen LogP contribution in [-0.4, -0.2) is 4.98 Å². The van der Waals surface area contributed by atoms with Crippen molar-refractivity contribution in [3.63, 3.8) is 0 Å². The van der Waals surface area contributed by atoms with Gasteiger partial charge in [-0.2, -0.15) is 0 Å². The molecule has 4 heteroatoms. The number of halogens is 1. The van der Waals surface area contributed by atoms with Gasteiger partial charge >= 0.3 is 0 Å². The fraction of sp³-hybridized carbons (Fsp3) is 0.100. The maximum Gasteiger partial charge on any atom is 0.133 e. The standard InChI is InChI=1S/C10H10ClN3/c11-9-4-7-3-6(5-12)1-2-8(7)10(13)14-9/h1-4H,5,12H2,(H2,13,14). The summed E-state index contributed by atoms with van der Waals surface area (Å²) in [6.45, 7) is 0.510. The normalized spacial score (nSPS) is 10.7. The van der Waals surface area contributed by atoms with E-state index >= 15 is 0 Å². The summed E-state index contributed by atoms with van der Waals surface area (Å²) in [6.07, 6.45) is 0. The number of hydrogen-bond donors (Lipinski definition) is 2. The molecular formula is C10H10ClN3. The second-order valence-electron chi connectivity index (χ2n) is 3.09. The minimum absolute atomic E-state index is 0.407. The van der Waals surface area contributed by atoms with Crippen LogP contribution in [0.25, 0.3) is 10.8 Å². The van der Waals surface area contributed by atoms with E-state index in [0.29, 0.717) is 17.5 Å². The summed E-state index contributed by atoms with van der Waals surface area (Å²) in [5.41, 5.74) is 12.3. The monoisotopic (exact) mass is 207 g/mol. The first-order valence-electron chi connectivity index (χ1n) is 4.25. The van der Waals surface area contributed by atoms with Gasteiger partial charge in [0.1, 0.15) is 11.0 Å². The Hall–Kier alpha value is -1.32. The molecule has 14 heavy (non-hydrogen) atoms. The lowest BCUT2D eigenvalue weighted by atomic mass is 10.1. The van der Waals surface area contributed by atoms with Gasteiger partial charge in [-0.05, 0) is 23.1 Å². The van der Waals surface area contributed by atoms with Gasteiger partial charge in [-0.3, -0.25) is 0 Å². The molecule has 0 amide bonds. The van der Waals surface area contributed by atoms with Gasteiger partial charge in [-0.25, -0.2) is 4.98 Å². The third-order valence-electron chi connectivity index (χ3n) is 2.13. The van der Waals surface area contributed by atoms with Crippen LogP contribution in [0.4, 0.5) is 5.82 Å². The Balaban J connectivity index is 2.75. The third-order valence-corrected chi connectivity index (χ3v) is 2.32. The van der Waals surface area contributed by atoms with Crippen LogP contribution in [0.1, 0.15) is 5.56 Å². The van der Waals surface area contributed by atoms with Gasteiger partial charge in [0.05, 0.1) is 0 Å². The van der Waals surface area contributed by atoms with Gasteiger partial charge in [0.25, 0.3) is 0 Å². The molecule has 1 heterocycles. The maximum atomic E-state index is 5.80. The van der Waals surface area contributed by atoms with Crippen molar-refractivity contribution in [1.29, 1.82) is 0 Å². The molecule has 0 aliphatic carbocycles. The lowest BCUT2D eigenvalue weighted by Crippen LogP contribution is -1.97. The molecule has 4 N–H and O–H groups in total. The molecule has 0 atom stereocenters. The SMILES string of the molecule is NCc1ccc2c(N)nc(Cl)cc2c1. The molecule has 0 aliphatic heterocycles. The Labute approximate surface area is 86.7 Å². The van der Waals surface area contributed by atoms with Crippen LogP contribution in [-0.2, 0) is 6.54 Å². The Morgan fingerprint density at radius 2 is 2.07 bits per heavy atom. The van der Waals surface area contributed by atoms with E-state index in [1.165, 1.54) is 0 Å². The van der Waals surface area contributed by atoms with Crippen LogP contribution < -0.4 is 11.5 Å². The van der Waals surface area contributed by atoms with E-state index in [4.69, 9.17) is 23.1 Å². The molecule has 1 aromatic heterocycles. The number of pyridine rings is 1. The molecule has 0 unspecified atom stereocenters. The minimum Gasteiger partial charge on any atom is -0.383 e. The van der Waals surface area contributed by atoms with E-state index in [9.17, 15) is 0 Å². The molecule has 72 valence electrons. The smallest absolute Gasteiger partial charge is 0.133 e. The molecule has 1 aromatic carbocycles. The van der Waals surface area contributed by atoms with Crippen molar-refractivity contribution in [2.75, 3.05) is 5.73 Å². The van der Waals surface area contributed by atoms with Gasteiger partial charge in [0.2, 0.25) is 0 Å². The number of fused-ring (bicyclic) bond motifs is 1. The highest BCUT2D eigenvalue weighted by Gasteiger charge is 2.02. The average Bonchev–Trinajstić information content (AvgIpc) is 2.16. The largest absolute Gasteiger partial charge is 0.383 e. The van der Waals surface area contributed by atoms with Crippen molar-refractivity contribution in [2.45, 2.75) is 6.54 Å². The van der Waals surface area contributed by atoms with E-state index in [1.54, 1.807) is 6.07 Å². The summed E-state index contributed by atoms with van der Waals surface area (Å²) < 4.78 is 0. The zero-order valence-electron chi connectivity index (χ0n) is 7.50. The van der Waals surface area contributed by atoms with Gasteiger partial charge in [-0.15, -0.1) is 0 Å². The molecule has 3 nitrogen and oxygen atoms in total. The number of nitrogens with zero attached hydrogens (tertiary/aromatic N) is 1. The number of nitrogens with two attached hydrogens (primary N) is 2. The van der Waals surface area contributed by atoms with Crippen LogP contribution in [0.5, 0.6) is 0 Å². The molecule has 0 spiro atoms. The molecule has 0 saturated carbocycles. The lowest BCUT2D eigenvalue weighted by molar-refractivity contribution is 1.08. The Bertz CT molecular complexity index is 482. The predicted molar refractivity (Wildman–Crippen MR) is 59.1 cm³/mol. The molecule has 0 fully saturated rings. The summed E-state index contributed by atoms with van der Waals surface area (Å²) in [7, 11) is 0. The molecule has 0 bridgehead atoms. The molecule has 0 radical (unpaired) electrons. The quantitative estimate of drug-likeness (QED) is 0.703. The Kier molecular flexibility index (Phi) is 2.27. The zero-order chi connectivity index (χ0) is 10.1. The summed E-state index contributed by atoms with van der Waals surface area (Å²) >= 11 is 5.80. The topological polar surface area (TPSA) is 64.9 Å². The molecule has 2 aromatic rings. The summed E-state index contributed by atoms with van der Waals surface area (Å²) in [5.74, 6) is 0.455. The fourth-order valence-corrected chi connectivity index (χ4v) is 1.64. The van der Waals surface area contributed by atoms with Gasteiger partial charge in [0.15, 0.2) is 0 Å². The van der Waals surface area contributed by atoms with Crippen molar-refractivity contribution in [2.24, 2.45) is 5.73 Å². The highest BCUT2D eigenvalue weighted by atomic mass is 35.5. The summed E-state index contributed by atoms with van der Waals surface area (Å²) in [5, 5.41) is 2.29. The minimum atomic E-state index is 0.407. The first kappa shape index (κ1) is 9.24. The number of nitrogen functional groups attached to an aromatic ring is 1. The Morgan fingerprint density at radius 1 is 1.29 bits per heavy atom. The summed E-state index contributed by atoms with van der Waals surface area (Å²) in [6, 6.07) is 7.61. The van der Waals surface area contributed by atoms with Crippen molar-refractivity contribution < 1.29 is 0 Å². The Morgan fingerprint density at radius 3 is 2.79 bits per heavy atom. The number of anilines is 1. The number of rotatable bonds is 1. The first-order chi connectivity index (χ1) is 6.70. The maximum absolute atomic E-state index is 5.80. The van der Waals surface area contributed by atoms with Crippen LogP contribution in [0.2, 0.25) is 5.15 Å². The van der Waals surface area contributed by atoms with Crippen molar-refractivity contribution in [1.82, 2.24) is 4.98 Å². The number of aromatic nitrogens is 1.